The molecule has 12 nitrogen and oxygen atoms in total. The van der Waals surface area contributed by atoms with Crippen LogP contribution in [0.1, 0.15) is 47.7 Å². The van der Waals surface area contributed by atoms with Gasteiger partial charge in [-0.2, -0.15) is 5.10 Å². The third kappa shape index (κ3) is 12.8. The fraction of sp³-hybridized carbons (Fsp3) is 0.184. The lowest BCUT2D eigenvalue weighted by atomic mass is 9.94. The van der Waals surface area contributed by atoms with Crippen molar-refractivity contribution in [1.82, 2.24) is 4.57 Å². The predicted octanol–water partition coefficient (Wildman–Crippen LogP) is 10.4. The van der Waals surface area contributed by atoms with Crippen LogP contribution in [0.3, 0.4) is 0 Å². The van der Waals surface area contributed by atoms with Gasteiger partial charge in [0.05, 0.1) is 46.8 Å². The molecule has 0 saturated heterocycles. The molecule has 322 valence electrons. The molecule has 63 heavy (non-hydrogen) atoms. The number of ketones is 1. The Morgan fingerprint density at radius 1 is 0.778 bits per heavy atom. The van der Waals surface area contributed by atoms with Crippen molar-refractivity contribution in [2.75, 3.05) is 26.4 Å². The van der Waals surface area contributed by atoms with Crippen LogP contribution in [0.4, 0.5) is 4.79 Å². The lowest BCUT2D eigenvalue weighted by Gasteiger charge is -2.13. The molecule has 6 rings (SSSR count). The van der Waals surface area contributed by atoms with Gasteiger partial charge in [-0.25, -0.2) is 14.4 Å². The minimum atomic E-state index is -0.755. The van der Waals surface area contributed by atoms with Crippen LogP contribution >= 0.6 is 22.9 Å². The maximum atomic E-state index is 12.7. The fourth-order valence-electron chi connectivity index (χ4n) is 6.02. The van der Waals surface area contributed by atoms with E-state index >= 15 is 0 Å². The highest BCUT2D eigenvalue weighted by molar-refractivity contribution is 7.16. The summed E-state index contributed by atoms with van der Waals surface area (Å²) in [6.45, 7) is 6.01. The SMILES string of the molecule is C=CC(=O)COCCCOC(=O)c1ccc(OC(=O)/C=C/c2ccc(-c3ccc(-c4ccc(OC(=O)OCCCC)cc4)c(Cl)c3/C=N/N=c3\sc4ccccc4n3C)cc2)cc1. The molecule has 6 aromatic rings. The van der Waals surface area contributed by atoms with Gasteiger partial charge in [-0.3, -0.25) is 4.79 Å². The second-order valence-electron chi connectivity index (χ2n) is 13.8. The molecule has 0 atom stereocenters. The maximum Gasteiger partial charge on any atom is 0.513 e. The molecule has 0 aliphatic carbocycles. The van der Waals surface area contributed by atoms with Gasteiger partial charge < -0.3 is 28.3 Å². The Bertz CT molecular complexity index is 2700. The van der Waals surface area contributed by atoms with E-state index in [2.05, 4.69) is 16.8 Å². The Morgan fingerprint density at radius 3 is 2.17 bits per heavy atom. The number of fused-ring (bicyclic) bond motifs is 1. The highest BCUT2D eigenvalue weighted by Crippen LogP contribution is 2.37. The molecule has 0 saturated carbocycles. The predicted molar refractivity (Wildman–Crippen MR) is 245 cm³/mol. The molecule has 0 fully saturated rings. The van der Waals surface area contributed by atoms with E-state index in [4.69, 9.17) is 35.3 Å². The summed E-state index contributed by atoms with van der Waals surface area (Å²) in [5, 5.41) is 9.49. The summed E-state index contributed by atoms with van der Waals surface area (Å²) in [7, 11) is 1.94. The first-order chi connectivity index (χ1) is 30.6. The molecule has 0 aliphatic heterocycles. The highest BCUT2D eigenvalue weighted by atomic mass is 35.5. The molecule has 0 unspecified atom stereocenters. The van der Waals surface area contributed by atoms with E-state index in [0.717, 1.165) is 50.9 Å². The summed E-state index contributed by atoms with van der Waals surface area (Å²) in [5.41, 5.74) is 5.88. The lowest BCUT2D eigenvalue weighted by molar-refractivity contribution is -0.129. The molecular weight excluding hydrogens is 842 g/mol. The Morgan fingerprint density at radius 2 is 1.44 bits per heavy atom. The molecule has 0 spiro atoms. The van der Waals surface area contributed by atoms with E-state index < -0.39 is 18.1 Å². The molecular formula is C49H44ClN3O9S. The van der Waals surface area contributed by atoms with Gasteiger partial charge in [0.25, 0.3) is 0 Å². The van der Waals surface area contributed by atoms with Gasteiger partial charge in [-0.05, 0) is 89.4 Å². The van der Waals surface area contributed by atoms with Crippen LogP contribution in [0.2, 0.25) is 5.02 Å². The number of hydrogen-bond donors (Lipinski definition) is 0. The van der Waals surface area contributed by atoms with Crippen molar-refractivity contribution in [3.63, 3.8) is 0 Å². The summed E-state index contributed by atoms with van der Waals surface area (Å²) in [6, 6.07) is 32.5. The number of ether oxygens (including phenoxy) is 5. The van der Waals surface area contributed by atoms with Gasteiger partial charge >= 0.3 is 18.1 Å². The quantitative estimate of drug-likeness (QED) is 0.0148. The number of aryl methyl sites for hydroxylation is 1. The topological polar surface area (TPSA) is 144 Å². The van der Waals surface area contributed by atoms with E-state index in [1.165, 1.54) is 47.8 Å². The largest absolute Gasteiger partial charge is 0.513 e. The number of benzene rings is 5. The third-order valence-electron chi connectivity index (χ3n) is 9.39. The zero-order valence-electron chi connectivity index (χ0n) is 34.7. The number of rotatable bonds is 19. The van der Waals surface area contributed by atoms with E-state index in [1.807, 2.05) is 91.3 Å². The van der Waals surface area contributed by atoms with E-state index in [1.54, 1.807) is 24.4 Å². The van der Waals surface area contributed by atoms with Gasteiger partial charge in [0.1, 0.15) is 18.1 Å². The molecule has 0 N–H and O–H groups in total. The highest BCUT2D eigenvalue weighted by Gasteiger charge is 2.15. The van der Waals surface area contributed by atoms with Gasteiger partial charge in [0.15, 0.2) is 5.78 Å². The van der Waals surface area contributed by atoms with Crippen molar-refractivity contribution < 1.29 is 42.9 Å². The van der Waals surface area contributed by atoms with Gasteiger partial charge in [0, 0.05) is 30.7 Å². The smallest absolute Gasteiger partial charge is 0.462 e. The number of carbonyl (C=O) groups excluding carboxylic acids is 4. The number of para-hydroxylation sites is 1. The minimum Gasteiger partial charge on any atom is -0.462 e. The molecule has 1 heterocycles. The van der Waals surface area contributed by atoms with Gasteiger partial charge in [0.2, 0.25) is 4.80 Å². The second-order valence-corrected chi connectivity index (χ2v) is 15.2. The van der Waals surface area contributed by atoms with Crippen LogP contribution in [0, 0.1) is 0 Å². The van der Waals surface area contributed by atoms with Crippen molar-refractivity contribution in [2.45, 2.75) is 26.2 Å². The normalized spacial score (nSPS) is 11.6. The zero-order chi connectivity index (χ0) is 44.6. The Kier molecular flexibility index (Phi) is 16.5. The fourth-order valence-corrected chi connectivity index (χ4v) is 7.32. The zero-order valence-corrected chi connectivity index (χ0v) is 36.2. The molecule has 0 bridgehead atoms. The van der Waals surface area contributed by atoms with Crippen molar-refractivity contribution in [1.29, 1.82) is 0 Å². The van der Waals surface area contributed by atoms with Crippen molar-refractivity contribution in [3.8, 4) is 33.8 Å². The summed E-state index contributed by atoms with van der Waals surface area (Å²) in [6.07, 6.45) is 7.11. The first-order valence-corrected chi connectivity index (χ1v) is 21.2. The number of aromatic nitrogens is 1. The van der Waals surface area contributed by atoms with E-state index in [0.29, 0.717) is 39.7 Å². The van der Waals surface area contributed by atoms with Crippen LogP contribution in [-0.2, 0) is 30.8 Å². The Labute approximate surface area is 373 Å². The van der Waals surface area contributed by atoms with Crippen LogP contribution < -0.4 is 14.3 Å². The maximum absolute atomic E-state index is 12.7. The number of halogens is 1. The number of unbranched alkanes of at least 4 members (excludes halogenated alkanes) is 1. The number of esters is 2. The summed E-state index contributed by atoms with van der Waals surface area (Å²) in [5.74, 6) is -0.759. The van der Waals surface area contributed by atoms with Crippen molar-refractivity contribution in [2.24, 2.45) is 17.3 Å². The second kappa shape index (κ2) is 22.8. The summed E-state index contributed by atoms with van der Waals surface area (Å²) >= 11 is 8.71. The number of carbonyl (C=O) groups is 4. The number of thiazole rings is 1. The number of hydrogen-bond acceptors (Lipinski definition) is 12. The van der Waals surface area contributed by atoms with Crippen LogP contribution in [0.25, 0.3) is 38.5 Å². The van der Waals surface area contributed by atoms with E-state index in [9.17, 15) is 19.2 Å². The van der Waals surface area contributed by atoms with Gasteiger partial charge in [-0.15, -0.1) is 5.10 Å². The average Bonchev–Trinajstić information content (AvgIpc) is 3.62. The minimum absolute atomic E-state index is 0.0639. The lowest BCUT2D eigenvalue weighted by Crippen LogP contribution is -2.11. The molecule has 5 aromatic carbocycles. The monoisotopic (exact) mass is 885 g/mol. The number of nitrogens with zero attached hydrogens (tertiary/aromatic N) is 3. The standard InChI is InChI=1S/C49H44ClN3O9S/c1-4-6-29-60-49(57)62-39-21-17-35(18-22-39)41-26-25-40(42(46(41)50)31-51-52-48-53(3)43-10-7-8-11-44(43)63-48)34-15-12-33(13-16-34)14-27-45(55)61-38-23-19-36(20-24-38)47(56)59-30-9-28-58-32-37(54)5-2/h5,7-8,10-27,31H,2,4,6,9,28-30,32H2,1,3H3/b27-14+,51-31+,52-48-. The first-order valence-electron chi connectivity index (χ1n) is 20.0. The average molecular weight is 886 g/mol. The van der Waals surface area contributed by atoms with Gasteiger partial charge in [-0.1, -0.05) is 104 Å². The molecule has 0 radical (unpaired) electrons. The summed E-state index contributed by atoms with van der Waals surface area (Å²) < 4.78 is 29.4. The van der Waals surface area contributed by atoms with Crippen molar-refractivity contribution >= 4 is 69.3 Å². The Balaban J connectivity index is 1.14. The van der Waals surface area contributed by atoms with Crippen LogP contribution in [0.5, 0.6) is 11.5 Å². The molecule has 0 aliphatic rings. The summed E-state index contributed by atoms with van der Waals surface area (Å²) in [4.78, 5) is 49.1. The molecule has 0 amide bonds. The third-order valence-corrected chi connectivity index (χ3v) is 10.9. The van der Waals surface area contributed by atoms with E-state index in [-0.39, 0.29) is 31.4 Å². The molecule has 1 aromatic heterocycles. The molecule has 14 heteroatoms. The van der Waals surface area contributed by atoms with Crippen LogP contribution in [-0.4, -0.2) is 61.1 Å². The van der Waals surface area contributed by atoms with Crippen LogP contribution in [0.15, 0.2) is 138 Å². The first kappa shape index (κ1) is 45.6. The Hall–Kier alpha value is -6.93. The van der Waals surface area contributed by atoms with Crippen molar-refractivity contribution in [3.05, 3.63) is 154 Å².